The Balaban J connectivity index is 3.27. The highest BCUT2D eigenvalue weighted by atomic mass is 16.5. The SMILES string of the molecule is C=CC(C)CC(C)C(=O)c1c(O)c(OC)c(OC)[nH]c1=O. The number of methoxy groups -OCH3 is 2. The minimum absolute atomic E-state index is 0.0244. The number of H-pyrrole nitrogens is 1. The quantitative estimate of drug-likeness (QED) is 0.594. The van der Waals surface area contributed by atoms with Crippen LogP contribution in [-0.2, 0) is 0 Å². The van der Waals surface area contributed by atoms with Crippen molar-refractivity contribution in [3.8, 4) is 17.4 Å². The van der Waals surface area contributed by atoms with Crippen LogP contribution in [0.15, 0.2) is 17.4 Å². The molecule has 0 aliphatic heterocycles. The molecule has 0 saturated heterocycles. The van der Waals surface area contributed by atoms with Crippen molar-refractivity contribution in [2.75, 3.05) is 14.2 Å². The first-order chi connectivity index (χ1) is 9.87. The van der Waals surface area contributed by atoms with E-state index < -0.39 is 23.0 Å². The summed E-state index contributed by atoms with van der Waals surface area (Å²) < 4.78 is 9.89. The number of nitrogens with one attached hydrogen (secondary N) is 1. The molecule has 0 spiro atoms. The van der Waals surface area contributed by atoms with Crippen molar-refractivity contribution in [3.63, 3.8) is 0 Å². The molecule has 1 rings (SSSR count). The third kappa shape index (κ3) is 3.45. The summed E-state index contributed by atoms with van der Waals surface area (Å²) in [6.07, 6.45) is 2.28. The predicted octanol–water partition coefficient (Wildman–Crippen LogP) is 2.13. The van der Waals surface area contributed by atoms with E-state index in [2.05, 4.69) is 11.6 Å². The van der Waals surface area contributed by atoms with E-state index in [1.165, 1.54) is 14.2 Å². The van der Waals surface area contributed by atoms with Gasteiger partial charge in [-0.15, -0.1) is 6.58 Å². The minimum Gasteiger partial charge on any atom is -0.503 e. The predicted molar refractivity (Wildman–Crippen MR) is 79.3 cm³/mol. The number of aromatic hydroxyl groups is 1. The van der Waals surface area contributed by atoms with Gasteiger partial charge in [0.05, 0.1) is 14.2 Å². The number of aromatic amines is 1. The Morgan fingerprint density at radius 2 is 2.00 bits per heavy atom. The summed E-state index contributed by atoms with van der Waals surface area (Å²) in [4.78, 5) is 26.8. The molecule has 21 heavy (non-hydrogen) atoms. The van der Waals surface area contributed by atoms with Crippen LogP contribution in [0.4, 0.5) is 0 Å². The largest absolute Gasteiger partial charge is 0.503 e. The van der Waals surface area contributed by atoms with Gasteiger partial charge in [0.25, 0.3) is 5.56 Å². The molecule has 0 saturated carbocycles. The van der Waals surface area contributed by atoms with Crippen LogP contribution in [0.3, 0.4) is 0 Å². The van der Waals surface area contributed by atoms with Crippen LogP contribution in [0.1, 0.15) is 30.6 Å². The fourth-order valence-corrected chi connectivity index (χ4v) is 2.12. The number of carbonyl (C=O) groups is 1. The van der Waals surface area contributed by atoms with Gasteiger partial charge in [-0.2, -0.15) is 0 Å². The van der Waals surface area contributed by atoms with Crippen molar-refractivity contribution in [3.05, 3.63) is 28.6 Å². The fourth-order valence-electron chi connectivity index (χ4n) is 2.12. The molecule has 2 unspecified atom stereocenters. The summed E-state index contributed by atoms with van der Waals surface area (Å²) in [6.45, 7) is 7.30. The molecule has 0 aliphatic rings. The Hall–Kier alpha value is -2.24. The molecule has 2 N–H and O–H groups in total. The Kier molecular flexibility index (Phi) is 5.58. The minimum atomic E-state index is -0.701. The summed E-state index contributed by atoms with van der Waals surface area (Å²) >= 11 is 0. The summed E-state index contributed by atoms with van der Waals surface area (Å²) in [5.41, 5.74) is -1.01. The first-order valence-corrected chi connectivity index (χ1v) is 6.61. The molecular weight excluding hydrogens is 274 g/mol. The van der Waals surface area contributed by atoms with Crippen LogP contribution in [0.25, 0.3) is 0 Å². The van der Waals surface area contributed by atoms with Gasteiger partial charge < -0.3 is 14.6 Å². The second kappa shape index (κ2) is 6.97. The molecule has 1 aromatic rings. The summed E-state index contributed by atoms with van der Waals surface area (Å²) in [6, 6.07) is 0. The third-order valence-electron chi connectivity index (χ3n) is 3.34. The van der Waals surface area contributed by atoms with E-state index in [1.807, 2.05) is 6.92 Å². The molecular formula is C15H21NO5. The molecule has 1 heterocycles. The van der Waals surface area contributed by atoms with Gasteiger partial charge in [-0.3, -0.25) is 14.6 Å². The number of carbonyl (C=O) groups excluding carboxylic acids is 1. The number of rotatable bonds is 7. The van der Waals surface area contributed by atoms with Crippen molar-refractivity contribution < 1.29 is 19.4 Å². The molecule has 0 fully saturated rings. The van der Waals surface area contributed by atoms with E-state index in [0.717, 1.165) is 0 Å². The summed E-state index contributed by atoms with van der Waals surface area (Å²) in [7, 11) is 2.64. The molecule has 6 heteroatoms. The number of pyridine rings is 1. The van der Waals surface area contributed by atoms with Crippen LogP contribution in [0, 0.1) is 11.8 Å². The third-order valence-corrected chi connectivity index (χ3v) is 3.34. The Labute approximate surface area is 123 Å². The molecule has 116 valence electrons. The van der Waals surface area contributed by atoms with E-state index in [1.54, 1.807) is 13.0 Å². The van der Waals surface area contributed by atoms with E-state index >= 15 is 0 Å². The van der Waals surface area contributed by atoms with Gasteiger partial charge in [-0.1, -0.05) is 19.9 Å². The Morgan fingerprint density at radius 1 is 1.38 bits per heavy atom. The monoisotopic (exact) mass is 295 g/mol. The lowest BCUT2D eigenvalue weighted by atomic mass is 9.90. The lowest BCUT2D eigenvalue weighted by molar-refractivity contribution is 0.0912. The molecule has 0 amide bonds. The van der Waals surface area contributed by atoms with Gasteiger partial charge in [0, 0.05) is 5.92 Å². The van der Waals surface area contributed by atoms with Crippen LogP contribution in [0.2, 0.25) is 0 Å². The zero-order valence-corrected chi connectivity index (χ0v) is 12.7. The highest BCUT2D eigenvalue weighted by molar-refractivity contribution is 6.00. The fraction of sp³-hybridized carbons (Fsp3) is 0.467. The van der Waals surface area contributed by atoms with E-state index in [0.29, 0.717) is 6.42 Å². The Bertz CT molecular complexity index is 590. The van der Waals surface area contributed by atoms with Crippen LogP contribution in [0.5, 0.6) is 17.4 Å². The normalized spacial score (nSPS) is 13.3. The van der Waals surface area contributed by atoms with Gasteiger partial charge in [-0.05, 0) is 12.3 Å². The maximum absolute atomic E-state index is 12.4. The van der Waals surface area contributed by atoms with Gasteiger partial charge >= 0.3 is 0 Å². The first-order valence-electron chi connectivity index (χ1n) is 6.61. The van der Waals surface area contributed by atoms with E-state index in [-0.39, 0.29) is 23.1 Å². The maximum Gasteiger partial charge on any atom is 0.265 e. The van der Waals surface area contributed by atoms with Crippen LogP contribution >= 0.6 is 0 Å². The molecule has 1 aromatic heterocycles. The summed E-state index contributed by atoms with van der Waals surface area (Å²) in [5, 5.41) is 10.1. The number of allylic oxidation sites excluding steroid dienone is 1. The van der Waals surface area contributed by atoms with Gasteiger partial charge in [0.1, 0.15) is 5.56 Å². The standard InChI is InChI=1S/C15H21NO5/c1-6-8(2)7-9(3)11(17)10-12(18)13(20-4)15(21-5)16-14(10)19/h6,8-9H,1,7H2,2-5H3,(H2,16,18,19). The molecule has 2 atom stereocenters. The molecule has 0 bridgehead atoms. The first kappa shape index (κ1) is 16.8. The lowest BCUT2D eigenvalue weighted by Gasteiger charge is -2.15. The van der Waals surface area contributed by atoms with Crippen molar-refractivity contribution in [1.29, 1.82) is 0 Å². The molecule has 6 nitrogen and oxygen atoms in total. The Morgan fingerprint density at radius 3 is 2.48 bits per heavy atom. The lowest BCUT2D eigenvalue weighted by Crippen LogP contribution is -2.24. The number of ether oxygens (including phenoxy) is 2. The highest BCUT2D eigenvalue weighted by Crippen LogP contribution is 2.36. The van der Waals surface area contributed by atoms with Gasteiger partial charge in [0.2, 0.25) is 11.6 Å². The van der Waals surface area contributed by atoms with Crippen molar-refractivity contribution in [2.24, 2.45) is 11.8 Å². The average molecular weight is 295 g/mol. The molecule has 0 radical (unpaired) electrons. The van der Waals surface area contributed by atoms with Crippen molar-refractivity contribution in [1.82, 2.24) is 4.98 Å². The number of ketones is 1. The average Bonchev–Trinajstić information content (AvgIpc) is 2.46. The topological polar surface area (TPSA) is 88.6 Å². The maximum atomic E-state index is 12.4. The van der Waals surface area contributed by atoms with Crippen molar-refractivity contribution >= 4 is 5.78 Å². The van der Waals surface area contributed by atoms with Gasteiger partial charge in [-0.25, -0.2) is 0 Å². The van der Waals surface area contributed by atoms with Crippen LogP contribution < -0.4 is 15.0 Å². The van der Waals surface area contributed by atoms with E-state index in [9.17, 15) is 14.7 Å². The van der Waals surface area contributed by atoms with Crippen LogP contribution in [-0.4, -0.2) is 30.1 Å². The zero-order chi connectivity index (χ0) is 16.2. The number of aromatic nitrogens is 1. The number of hydrogen-bond donors (Lipinski definition) is 2. The second-order valence-electron chi connectivity index (χ2n) is 4.96. The smallest absolute Gasteiger partial charge is 0.265 e. The number of hydrogen-bond acceptors (Lipinski definition) is 5. The molecule has 0 aliphatic carbocycles. The summed E-state index contributed by atoms with van der Waals surface area (Å²) in [5.74, 6) is -1.33. The van der Waals surface area contributed by atoms with E-state index in [4.69, 9.17) is 9.47 Å². The number of Topliss-reactive ketones (excluding diaryl/α,β-unsaturated/α-hetero) is 1. The highest BCUT2D eigenvalue weighted by Gasteiger charge is 2.27. The second-order valence-corrected chi connectivity index (χ2v) is 4.96. The van der Waals surface area contributed by atoms with Crippen molar-refractivity contribution in [2.45, 2.75) is 20.3 Å². The van der Waals surface area contributed by atoms with Gasteiger partial charge in [0.15, 0.2) is 11.5 Å². The zero-order valence-electron chi connectivity index (χ0n) is 12.7. The molecule has 0 aromatic carbocycles.